The second kappa shape index (κ2) is 18.8. The molecule has 2 N–H and O–H groups in total. The van der Waals surface area contributed by atoms with E-state index in [2.05, 4.69) is 89.9 Å². The molecule has 6 saturated carbocycles. The number of aliphatic hydroxyl groups is 1. The summed E-state index contributed by atoms with van der Waals surface area (Å²) in [7, 11) is 0. The fourth-order valence-corrected chi connectivity index (χ4v) is 16.8. The number of aliphatic carboxylic acids is 1. The van der Waals surface area contributed by atoms with Crippen molar-refractivity contribution in [2.24, 2.45) is 92.7 Å². The van der Waals surface area contributed by atoms with Gasteiger partial charge in [0, 0.05) is 35.4 Å². The van der Waals surface area contributed by atoms with Gasteiger partial charge in [0.2, 0.25) is 0 Å². The highest BCUT2D eigenvalue weighted by molar-refractivity contribution is 8.07. The minimum Gasteiger partial charge on any atom is -0.481 e. The van der Waals surface area contributed by atoms with Crippen LogP contribution in [0, 0.1) is 92.7 Å². The summed E-state index contributed by atoms with van der Waals surface area (Å²) in [4.78, 5) is 11.1. The largest absolute Gasteiger partial charge is 0.481 e. The Morgan fingerprint density at radius 1 is 0.679 bits per heavy atom. The van der Waals surface area contributed by atoms with Gasteiger partial charge in [-0.1, -0.05) is 78.7 Å². The van der Waals surface area contributed by atoms with E-state index in [4.69, 9.17) is 5.11 Å². The van der Waals surface area contributed by atoms with Crippen molar-refractivity contribution in [1.82, 2.24) is 0 Å². The van der Waals surface area contributed by atoms with Crippen molar-refractivity contribution in [3.8, 4) is 0 Å². The van der Waals surface area contributed by atoms with Gasteiger partial charge < -0.3 is 10.2 Å². The van der Waals surface area contributed by atoms with Gasteiger partial charge in [-0.25, -0.2) is 0 Å². The molecule has 8 aliphatic rings. The predicted molar refractivity (Wildman–Crippen MR) is 245 cm³/mol. The summed E-state index contributed by atoms with van der Waals surface area (Å²) in [5.74, 6) is 9.61. The molecule has 6 heteroatoms. The van der Waals surface area contributed by atoms with Gasteiger partial charge in [0.05, 0.1) is 0 Å². The van der Waals surface area contributed by atoms with Crippen molar-refractivity contribution < 1.29 is 15.0 Å². The Bertz CT molecular complexity index is 1410. The maximum Gasteiger partial charge on any atom is 0.303 e. The fourth-order valence-electron chi connectivity index (χ4n) is 16.8. The van der Waals surface area contributed by atoms with E-state index in [0.717, 1.165) is 77.9 Å². The van der Waals surface area contributed by atoms with E-state index >= 15 is 0 Å². The zero-order valence-electron chi connectivity index (χ0n) is 37.1. The van der Waals surface area contributed by atoms with Crippen molar-refractivity contribution >= 4 is 41.8 Å². The maximum atomic E-state index is 11.1. The van der Waals surface area contributed by atoms with Crippen molar-refractivity contribution in [2.75, 3.05) is 6.61 Å². The van der Waals surface area contributed by atoms with Crippen LogP contribution >= 0.6 is 13.5 Å². The van der Waals surface area contributed by atoms with Crippen LogP contribution in [0.4, 0.5) is 0 Å². The summed E-state index contributed by atoms with van der Waals surface area (Å²) in [5, 5.41) is 18.4. The number of hydrogen-bond acceptors (Lipinski definition) is 4. The lowest BCUT2D eigenvalue weighted by atomic mass is 9.46. The van der Waals surface area contributed by atoms with Gasteiger partial charge in [0.1, 0.15) is 0 Å². The number of carbonyl (C=O) groups is 1. The number of fused-ring (bicyclic) bond motifs is 10. The van der Waals surface area contributed by atoms with Crippen molar-refractivity contribution in [1.29, 1.82) is 0 Å². The Labute approximate surface area is 361 Å². The molecule has 0 heterocycles. The number of rotatable bonds is 8. The first-order valence-electron chi connectivity index (χ1n) is 23.5. The van der Waals surface area contributed by atoms with E-state index in [9.17, 15) is 9.90 Å². The molecule has 0 amide bonds. The summed E-state index contributed by atoms with van der Waals surface area (Å²) in [6, 6.07) is 0. The van der Waals surface area contributed by atoms with Crippen molar-refractivity contribution in [3.63, 3.8) is 0 Å². The van der Waals surface area contributed by atoms with E-state index in [1.54, 1.807) is 5.57 Å². The molecule has 0 aliphatic heterocycles. The van der Waals surface area contributed by atoms with E-state index < -0.39 is 5.97 Å². The van der Waals surface area contributed by atoms with E-state index in [1.165, 1.54) is 109 Å². The molecule has 0 unspecified atom stereocenters. The normalized spacial score (nSPS) is 45.7. The number of aliphatic hydroxyl groups excluding tert-OH is 1. The highest BCUT2D eigenvalue weighted by atomic mass is 32.8. The second-order valence-corrected chi connectivity index (χ2v) is 22.4. The first-order chi connectivity index (χ1) is 26.2. The average Bonchev–Trinajstić information content (AvgIpc) is 3.71. The Morgan fingerprint density at radius 3 is 1.52 bits per heavy atom. The van der Waals surface area contributed by atoms with Crippen LogP contribution in [-0.2, 0) is 27.2 Å². The molecule has 6 fully saturated rings. The summed E-state index contributed by atoms with van der Waals surface area (Å²) in [6.07, 6.45) is 31.3. The molecule has 0 saturated heterocycles. The van der Waals surface area contributed by atoms with Gasteiger partial charge in [-0.2, -0.15) is 13.5 Å². The number of allylic oxidation sites excluding steroid dienone is 4. The monoisotopic (exact) mass is 829 g/mol. The first kappa shape index (κ1) is 46.8. The molecule has 16 atom stereocenters. The van der Waals surface area contributed by atoms with Crippen molar-refractivity contribution in [3.05, 3.63) is 23.3 Å². The fraction of sp³-hybridized carbons (Fsp3) is 0.900. The van der Waals surface area contributed by atoms with Gasteiger partial charge >= 0.3 is 5.97 Å². The summed E-state index contributed by atoms with van der Waals surface area (Å²) < 4.78 is 0. The van der Waals surface area contributed by atoms with Gasteiger partial charge in [-0.05, 0) is 215 Å². The van der Waals surface area contributed by atoms with E-state index in [1.807, 2.05) is 5.57 Å². The zero-order valence-corrected chi connectivity index (χ0v) is 39.7. The number of carboxylic acid groups (broad SMARTS) is 1. The van der Waals surface area contributed by atoms with Crippen molar-refractivity contribution in [2.45, 2.75) is 184 Å². The van der Waals surface area contributed by atoms with E-state index in [0.29, 0.717) is 40.6 Å². The molecule has 0 aromatic heterocycles. The average molecular weight is 829 g/mol. The Kier molecular flexibility index (Phi) is 15.7. The minimum atomic E-state index is -0.630. The predicted octanol–water partition coefficient (Wildman–Crippen LogP) is 13.4. The lowest BCUT2D eigenvalue weighted by molar-refractivity contribution is -0.137. The van der Waals surface area contributed by atoms with Gasteiger partial charge in [0.25, 0.3) is 0 Å². The topological polar surface area (TPSA) is 57.5 Å². The summed E-state index contributed by atoms with van der Waals surface area (Å²) in [6.45, 7) is 20.5. The third-order valence-electron chi connectivity index (χ3n) is 19.9. The molecule has 320 valence electrons. The van der Waals surface area contributed by atoms with Crippen LogP contribution in [0.5, 0.6) is 0 Å². The van der Waals surface area contributed by atoms with Gasteiger partial charge in [-0.15, -0.1) is 0 Å². The molecule has 8 rings (SSSR count). The molecule has 0 bridgehead atoms. The highest BCUT2D eigenvalue weighted by Gasteiger charge is 2.60. The molecule has 8 aliphatic carbocycles. The molecular weight excluding hydrogens is 745 g/mol. The van der Waals surface area contributed by atoms with Crippen LogP contribution in [0.1, 0.15) is 184 Å². The molecule has 0 aromatic rings. The summed E-state index contributed by atoms with van der Waals surface area (Å²) in [5.41, 5.74) is 5.66. The van der Waals surface area contributed by atoms with Crippen LogP contribution < -0.4 is 0 Å². The summed E-state index contributed by atoms with van der Waals surface area (Å²) >= 11 is 7.33. The van der Waals surface area contributed by atoms with Gasteiger partial charge in [0.15, 0.2) is 0 Å². The molecular formula is C50H84O3S3. The van der Waals surface area contributed by atoms with Crippen LogP contribution in [-0.4, -0.2) is 22.8 Å². The Morgan fingerprint density at radius 2 is 1.11 bits per heavy atom. The molecule has 56 heavy (non-hydrogen) atoms. The first-order valence-corrected chi connectivity index (χ1v) is 24.9. The number of carboxylic acids is 1. The third kappa shape index (κ3) is 8.47. The highest BCUT2D eigenvalue weighted by Crippen LogP contribution is 2.69. The number of hydrogen-bond donors (Lipinski definition) is 2. The second-order valence-electron chi connectivity index (χ2n) is 22.4. The zero-order chi connectivity index (χ0) is 39.9. The Balaban J connectivity index is 0.000000202. The standard InChI is InChI=1S/C25H40O2.C25H42O.S2.H2S/c1-16-11-13-24(3)18(15-16)6-7-19-21-9-8-20(17(2)5-10-23(26)27)25(21,4)14-12-22(19)24;1-17-11-13-24(3)19(16-17)7-8-20-22-10-9-21(18(2)6-5-15-26)25(22,4)14-12-23(20)24;1-2;/h6,16-17,19-22H,5,7-15H2,1-4H3,(H,26,27);7,17-18,20-23,26H,5-6,8-16H2,1-4H3;;1H2/t16-,17+,19-,20+,21-,22-,24-,25+;17-,18+,20-,21+,22-,23-,24-,25+;;/m00../s1. The molecule has 0 aromatic carbocycles. The maximum absolute atomic E-state index is 11.1. The SMILES string of the molecule is C[C@H]1CC[C@@]2(C)C(=CC[C@H]3[C@@H]4CC[C@H]([C@H](C)CCC(=O)O)[C@@]4(C)CC[C@@H]32)C1.C[C@H]1CC[C@@]2(C)C(=CC[C@H]3[C@@H]4CC[C@H]([C@H](C)CCCO)[C@@]4(C)CC[C@@H]32)C1.S.S=S. The van der Waals surface area contributed by atoms with Gasteiger partial charge in [-0.3, -0.25) is 4.79 Å². The molecule has 0 radical (unpaired) electrons. The molecule has 0 spiro atoms. The van der Waals surface area contributed by atoms with Crippen LogP contribution in [0.25, 0.3) is 0 Å². The molecule has 3 nitrogen and oxygen atoms in total. The van der Waals surface area contributed by atoms with Crippen LogP contribution in [0.2, 0.25) is 0 Å². The Hall–Kier alpha value is -0.300. The van der Waals surface area contributed by atoms with E-state index in [-0.39, 0.29) is 13.5 Å². The van der Waals surface area contributed by atoms with Crippen LogP contribution in [0.3, 0.4) is 0 Å². The lowest BCUT2D eigenvalue weighted by Gasteiger charge is -2.58. The van der Waals surface area contributed by atoms with Crippen LogP contribution in [0.15, 0.2) is 23.3 Å². The quantitative estimate of drug-likeness (QED) is 0.239. The smallest absolute Gasteiger partial charge is 0.303 e. The lowest BCUT2D eigenvalue weighted by Crippen LogP contribution is -2.50. The third-order valence-corrected chi connectivity index (χ3v) is 19.9. The minimum absolute atomic E-state index is 0.